The largest absolute Gasteiger partial charge is 0.462 e. The summed E-state index contributed by atoms with van der Waals surface area (Å²) in [6.07, 6.45) is 2.70. The summed E-state index contributed by atoms with van der Waals surface area (Å²) in [6.45, 7) is -0.918. The summed E-state index contributed by atoms with van der Waals surface area (Å²) in [5, 5.41) is 6.19. The Bertz CT molecular complexity index is 852. The number of carbonyl (C=O) groups excluding carboxylic acids is 2. The minimum absolute atomic E-state index is 0.0391. The van der Waals surface area contributed by atoms with Crippen LogP contribution in [-0.4, -0.2) is 31.6 Å². The molecule has 0 aliphatic heterocycles. The van der Waals surface area contributed by atoms with E-state index in [0.717, 1.165) is 29.7 Å². The normalized spacial score (nSPS) is 12.6. The molecule has 0 spiro atoms. The van der Waals surface area contributed by atoms with Crippen molar-refractivity contribution in [1.29, 1.82) is 0 Å². The number of aryl methyl sites for hydroxylation is 1. The van der Waals surface area contributed by atoms with Crippen LogP contribution in [0.5, 0.6) is 5.75 Å². The molecule has 0 atom stereocenters. The quantitative estimate of drug-likeness (QED) is 0.642. The average molecular weight is 410 g/mol. The highest BCUT2D eigenvalue weighted by Crippen LogP contribution is 2.39. The molecule has 150 valence electrons. The molecule has 28 heavy (non-hydrogen) atoms. The zero-order valence-electron chi connectivity index (χ0n) is 15.2. The summed E-state index contributed by atoms with van der Waals surface area (Å²) in [7, 11) is 0. The molecule has 0 unspecified atom stereocenters. The maximum Gasteiger partial charge on any atom is 0.387 e. The number of fused-ring (bicyclic) bond motifs is 1. The predicted molar refractivity (Wildman–Crippen MR) is 102 cm³/mol. The molecule has 1 aliphatic rings. The van der Waals surface area contributed by atoms with Gasteiger partial charge < -0.3 is 20.1 Å². The number of rotatable bonds is 8. The van der Waals surface area contributed by atoms with Crippen LogP contribution >= 0.6 is 11.3 Å². The number of halogens is 2. The number of esters is 1. The van der Waals surface area contributed by atoms with Crippen molar-refractivity contribution < 1.29 is 27.8 Å². The number of thiophene rings is 1. The van der Waals surface area contributed by atoms with Crippen molar-refractivity contribution in [3.8, 4) is 5.75 Å². The molecule has 1 aromatic heterocycles. The fourth-order valence-electron chi connectivity index (χ4n) is 3.02. The van der Waals surface area contributed by atoms with E-state index in [9.17, 15) is 18.4 Å². The number of benzene rings is 1. The molecule has 2 N–H and O–H groups in total. The first kappa shape index (κ1) is 20.1. The Morgan fingerprint density at radius 2 is 1.96 bits per heavy atom. The Kier molecular flexibility index (Phi) is 6.45. The molecule has 6 nitrogen and oxygen atoms in total. The van der Waals surface area contributed by atoms with Crippen LogP contribution in [0, 0.1) is 0 Å². The summed E-state index contributed by atoms with van der Waals surface area (Å²) in [5.41, 5.74) is 2.01. The molecule has 0 bridgehead atoms. The van der Waals surface area contributed by atoms with E-state index in [2.05, 4.69) is 15.4 Å². The molecule has 2 aromatic rings. The van der Waals surface area contributed by atoms with E-state index in [-0.39, 0.29) is 24.8 Å². The van der Waals surface area contributed by atoms with Crippen molar-refractivity contribution in [2.75, 3.05) is 23.8 Å². The van der Waals surface area contributed by atoms with Gasteiger partial charge in [0.05, 0.1) is 18.7 Å². The van der Waals surface area contributed by atoms with E-state index in [0.29, 0.717) is 16.3 Å². The Balaban J connectivity index is 1.61. The number of hydrogen-bond donors (Lipinski definition) is 2. The lowest BCUT2D eigenvalue weighted by Gasteiger charge is -2.10. The number of alkyl halides is 2. The van der Waals surface area contributed by atoms with Crippen molar-refractivity contribution in [3.05, 3.63) is 40.3 Å². The Hall–Kier alpha value is -2.68. The standard InChI is InChI=1S/C19H20F2N2O4S/c1-2-26-18(25)16-13-4-3-5-14(13)28-17(16)23-15(24)10-22-11-6-8-12(9-7-11)27-19(20)21/h6-9,19,22H,2-5,10H2,1H3,(H,23,24). The Morgan fingerprint density at radius 1 is 1.21 bits per heavy atom. The first-order valence-electron chi connectivity index (χ1n) is 8.88. The molecule has 0 saturated carbocycles. The zero-order chi connectivity index (χ0) is 20.1. The van der Waals surface area contributed by atoms with Gasteiger partial charge in [0, 0.05) is 10.6 Å². The number of anilines is 2. The van der Waals surface area contributed by atoms with E-state index in [4.69, 9.17) is 4.74 Å². The smallest absolute Gasteiger partial charge is 0.387 e. The van der Waals surface area contributed by atoms with Crippen molar-refractivity contribution in [2.24, 2.45) is 0 Å². The van der Waals surface area contributed by atoms with Gasteiger partial charge in [0.1, 0.15) is 10.8 Å². The molecule has 0 saturated heterocycles. The monoisotopic (exact) mass is 410 g/mol. The van der Waals surface area contributed by atoms with E-state index < -0.39 is 12.6 Å². The molecule has 9 heteroatoms. The van der Waals surface area contributed by atoms with Gasteiger partial charge >= 0.3 is 12.6 Å². The van der Waals surface area contributed by atoms with Gasteiger partial charge in [-0.05, 0) is 56.0 Å². The fourth-order valence-corrected chi connectivity index (χ4v) is 4.31. The van der Waals surface area contributed by atoms with Crippen molar-refractivity contribution in [2.45, 2.75) is 32.8 Å². The molecule has 1 amide bonds. The molecule has 0 fully saturated rings. The highest BCUT2D eigenvalue weighted by atomic mass is 32.1. The van der Waals surface area contributed by atoms with Crippen LogP contribution in [0.1, 0.15) is 34.1 Å². The first-order chi connectivity index (χ1) is 13.5. The Labute approximate surface area is 164 Å². The third kappa shape index (κ3) is 4.78. The average Bonchev–Trinajstić information content (AvgIpc) is 3.21. The van der Waals surface area contributed by atoms with Crippen LogP contribution in [-0.2, 0) is 22.4 Å². The minimum Gasteiger partial charge on any atom is -0.462 e. The molecule has 1 aliphatic carbocycles. The van der Waals surface area contributed by atoms with Crippen molar-refractivity contribution in [3.63, 3.8) is 0 Å². The van der Waals surface area contributed by atoms with E-state index in [1.807, 2.05) is 0 Å². The van der Waals surface area contributed by atoms with Crippen LogP contribution in [0.25, 0.3) is 0 Å². The minimum atomic E-state index is -2.88. The lowest BCUT2D eigenvalue weighted by atomic mass is 10.1. The number of nitrogens with one attached hydrogen (secondary N) is 2. The number of ether oxygens (including phenoxy) is 2. The first-order valence-corrected chi connectivity index (χ1v) is 9.69. The van der Waals surface area contributed by atoms with Crippen LogP contribution in [0.3, 0.4) is 0 Å². The second-order valence-corrected chi connectivity index (χ2v) is 7.19. The molecule has 1 aromatic carbocycles. The second kappa shape index (κ2) is 9.01. The number of carbonyl (C=O) groups is 2. The van der Waals surface area contributed by atoms with Crippen molar-refractivity contribution in [1.82, 2.24) is 0 Å². The number of hydrogen-bond acceptors (Lipinski definition) is 6. The van der Waals surface area contributed by atoms with Gasteiger partial charge in [0.2, 0.25) is 5.91 Å². The summed E-state index contributed by atoms with van der Waals surface area (Å²) >= 11 is 1.41. The van der Waals surface area contributed by atoms with E-state index in [1.54, 1.807) is 6.92 Å². The second-order valence-electron chi connectivity index (χ2n) is 6.09. The molecule has 0 radical (unpaired) electrons. The van der Waals surface area contributed by atoms with Gasteiger partial charge in [0.25, 0.3) is 0 Å². The highest BCUT2D eigenvalue weighted by Gasteiger charge is 2.28. The van der Waals surface area contributed by atoms with E-state index >= 15 is 0 Å². The van der Waals surface area contributed by atoms with Gasteiger partial charge in [-0.3, -0.25) is 4.79 Å². The summed E-state index contributed by atoms with van der Waals surface area (Å²) in [4.78, 5) is 25.7. The van der Waals surface area contributed by atoms with Crippen LogP contribution < -0.4 is 15.4 Å². The van der Waals surface area contributed by atoms with Gasteiger partial charge in [-0.1, -0.05) is 0 Å². The predicted octanol–water partition coefficient (Wildman–Crippen LogP) is 4.07. The lowest BCUT2D eigenvalue weighted by Crippen LogP contribution is -2.22. The highest BCUT2D eigenvalue weighted by molar-refractivity contribution is 7.17. The van der Waals surface area contributed by atoms with Crippen LogP contribution in [0.4, 0.5) is 19.5 Å². The maximum absolute atomic E-state index is 12.3. The number of amides is 1. The molecular formula is C19H20F2N2O4S. The van der Waals surface area contributed by atoms with Gasteiger partial charge in [-0.15, -0.1) is 11.3 Å². The van der Waals surface area contributed by atoms with E-state index in [1.165, 1.54) is 35.6 Å². The molecule has 3 rings (SSSR count). The summed E-state index contributed by atoms with van der Waals surface area (Å²) in [6, 6.07) is 5.84. The molecular weight excluding hydrogens is 390 g/mol. The van der Waals surface area contributed by atoms with Gasteiger partial charge in [0.15, 0.2) is 0 Å². The van der Waals surface area contributed by atoms with Gasteiger partial charge in [-0.25, -0.2) is 4.79 Å². The SMILES string of the molecule is CCOC(=O)c1c(NC(=O)CNc2ccc(OC(F)F)cc2)sc2c1CCC2. The zero-order valence-corrected chi connectivity index (χ0v) is 16.0. The third-order valence-electron chi connectivity index (χ3n) is 4.19. The Morgan fingerprint density at radius 3 is 2.64 bits per heavy atom. The summed E-state index contributed by atoms with van der Waals surface area (Å²) < 4.78 is 33.7. The van der Waals surface area contributed by atoms with Crippen LogP contribution in [0.15, 0.2) is 24.3 Å². The lowest BCUT2D eigenvalue weighted by molar-refractivity contribution is -0.114. The maximum atomic E-state index is 12.3. The fraction of sp³-hybridized carbons (Fsp3) is 0.368. The topological polar surface area (TPSA) is 76.7 Å². The third-order valence-corrected chi connectivity index (χ3v) is 5.39. The summed E-state index contributed by atoms with van der Waals surface area (Å²) in [5.74, 6) is -0.699. The van der Waals surface area contributed by atoms with Crippen LogP contribution in [0.2, 0.25) is 0 Å². The van der Waals surface area contributed by atoms with Gasteiger partial charge in [-0.2, -0.15) is 8.78 Å². The van der Waals surface area contributed by atoms with Crippen molar-refractivity contribution >= 4 is 33.9 Å². The molecule has 1 heterocycles.